The molecule has 0 saturated carbocycles. The van der Waals surface area contributed by atoms with Crippen LogP contribution in [-0.2, 0) is 5.41 Å². The van der Waals surface area contributed by atoms with Crippen LogP contribution in [0.15, 0.2) is 6.07 Å². The second kappa shape index (κ2) is 6.58. The van der Waals surface area contributed by atoms with E-state index >= 15 is 0 Å². The highest BCUT2D eigenvalue weighted by Gasteiger charge is 2.22. The minimum atomic E-state index is -0.146. The lowest BCUT2D eigenvalue weighted by Gasteiger charge is -2.32. The van der Waals surface area contributed by atoms with Gasteiger partial charge in [-0.1, -0.05) is 27.2 Å². The van der Waals surface area contributed by atoms with Crippen molar-refractivity contribution >= 4 is 5.82 Å². The number of hydrogen-bond donors (Lipinski definition) is 2. The normalized spacial score (nSPS) is 20.3. The summed E-state index contributed by atoms with van der Waals surface area (Å²) < 4.78 is 5.91. The molecule has 1 aliphatic rings. The van der Waals surface area contributed by atoms with E-state index in [1.165, 1.54) is 19.3 Å². The van der Waals surface area contributed by atoms with E-state index in [1.54, 1.807) is 6.07 Å². The first kappa shape index (κ1) is 16.0. The van der Waals surface area contributed by atoms with Crippen LogP contribution in [0.3, 0.4) is 0 Å². The third-order valence-electron chi connectivity index (χ3n) is 3.87. The molecule has 6 nitrogen and oxygen atoms in total. The van der Waals surface area contributed by atoms with Crippen LogP contribution in [0, 0.1) is 0 Å². The first-order valence-corrected chi connectivity index (χ1v) is 7.59. The van der Waals surface area contributed by atoms with Crippen LogP contribution in [0.4, 0.5) is 5.82 Å². The molecular formula is C15H27N5O. The number of nitrogens with two attached hydrogens (primary N) is 1. The quantitative estimate of drug-likeness (QED) is 0.652. The average Bonchev–Trinajstić information content (AvgIpc) is 2.45. The van der Waals surface area contributed by atoms with E-state index in [1.807, 2.05) is 0 Å². The Morgan fingerprint density at radius 1 is 1.38 bits per heavy atom. The predicted molar refractivity (Wildman–Crippen MR) is 84.3 cm³/mol. The number of likely N-dealkylation sites (N-methyl/N-ethyl adjacent to an activating group) is 1. The molecule has 0 spiro atoms. The Morgan fingerprint density at radius 3 is 2.76 bits per heavy atom. The van der Waals surface area contributed by atoms with Crippen LogP contribution in [0.5, 0.6) is 5.88 Å². The molecule has 0 radical (unpaired) electrons. The van der Waals surface area contributed by atoms with Crippen LogP contribution < -0.4 is 16.0 Å². The van der Waals surface area contributed by atoms with Crippen LogP contribution in [0.1, 0.15) is 45.9 Å². The molecule has 2 heterocycles. The number of hydrogen-bond acceptors (Lipinski definition) is 6. The lowest BCUT2D eigenvalue weighted by atomic mass is 9.96. The molecule has 118 valence electrons. The molecule has 1 aromatic heterocycles. The highest BCUT2D eigenvalue weighted by atomic mass is 16.5. The van der Waals surface area contributed by atoms with E-state index in [2.05, 4.69) is 48.1 Å². The standard InChI is InChI=1S/C15H27N5O/c1-15(2,3)14-17-12(19-16)9-13(18-14)21-10-11-7-5-6-8-20(11)4/h9,11H,5-8,10,16H2,1-4H3,(H,17,18,19). The summed E-state index contributed by atoms with van der Waals surface area (Å²) in [5.74, 6) is 7.38. The van der Waals surface area contributed by atoms with Crippen molar-refractivity contribution in [2.45, 2.75) is 51.5 Å². The van der Waals surface area contributed by atoms with Crippen LogP contribution in [0.25, 0.3) is 0 Å². The Hall–Kier alpha value is -1.40. The summed E-state index contributed by atoms with van der Waals surface area (Å²) in [6.45, 7) is 8.01. The number of rotatable bonds is 4. The van der Waals surface area contributed by atoms with Gasteiger partial charge < -0.3 is 15.1 Å². The van der Waals surface area contributed by atoms with Crippen molar-refractivity contribution in [1.29, 1.82) is 0 Å². The lowest BCUT2D eigenvalue weighted by molar-refractivity contribution is 0.122. The number of piperidine rings is 1. The maximum Gasteiger partial charge on any atom is 0.218 e. The summed E-state index contributed by atoms with van der Waals surface area (Å²) in [6.07, 6.45) is 3.72. The van der Waals surface area contributed by atoms with Crippen molar-refractivity contribution in [3.63, 3.8) is 0 Å². The van der Waals surface area contributed by atoms with Gasteiger partial charge in [0, 0.05) is 17.5 Å². The Balaban J connectivity index is 2.08. The summed E-state index contributed by atoms with van der Waals surface area (Å²) in [5.41, 5.74) is 2.44. The van der Waals surface area contributed by atoms with Gasteiger partial charge in [0.2, 0.25) is 5.88 Å². The molecule has 0 amide bonds. The zero-order chi connectivity index (χ0) is 15.5. The second-order valence-electron chi connectivity index (χ2n) is 6.75. The summed E-state index contributed by atoms with van der Waals surface area (Å²) in [4.78, 5) is 11.3. The van der Waals surface area contributed by atoms with Gasteiger partial charge in [-0.2, -0.15) is 4.98 Å². The molecule has 1 aliphatic heterocycles. The van der Waals surface area contributed by atoms with Crippen molar-refractivity contribution < 1.29 is 4.74 Å². The fraction of sp³-hybridized carbons (Fsp3) is 0.733. The molecule has 3 N–H and O–H groups in total. The summed E-state index contributed by atoms with van der Waals surface area (Å²) in [5, 5.41) is 0. The van der Waals surface area contributed by atoms with Crippen LogP contribution in [-0.4, -0.2) is 41.1 Å². The maximum atomic E-state index is 5.91. The highest BCUT2D eigenvalue weighted by Crippen LogP contribution is 2.23. The van der Waals surface area contributed by atoms with E-state index in [-0.39, 0.29) is 5.41 Å². The van der Waals surface area contributed by atoms with Gasteiger partial charge in [0.1, 0.15) is 18.2 Å². The Morgan fingerprint density at radius 2 is 2.14 bits per heavy atom. The van der Waals surface area contributed by atoms with Gasteiger partial charge in [-0.05, 0) is 26.4 Å². The number of likely N-dealkylation sites (tertiary alicyclic amines) is 1. The molecule has 1 atom stereocenters. The molecule has 1 unspecified atom stereocenters. The summed E-state index contributed by atoms with van der Waals surface area (Å²) in [6, 6.07) is 2.21. The molecular weight excluding hydrogens is 266 g/mol. The number of nitrogens with zero attached hydrogens (tertiary/aromatic N) is 3. The average molecular weight is 293 g/mol. The van der Waals surface area contributed by atoms with Gasteiger partial charge >= 0.3 is 0 Å². The van der Waals surface area contributed by atoms with E-state index in [0.29, 0.717) is 24.3 Å². The fourth-order valence-corrected chi connectivity index (χ4v) is 2.44. The Kier molecular flexibility index (Phi) is 5.00. The lowest BCUT2D eigenvalue weighted by Crippen LogP contribution is -2.40. The van der Waals surface area contributed by atoms with Crippen molar-refractivity contribution in [2.24, 2.45) is 5.84 Å². The molecule has 1 saturated heterocycles. The summed E-state index contributed by atoms with van der Waals surface area (Å²) in [7, 11) is 2.15. The van der Waals surface area contributed by atoms with Gasteiger partial charge in [-0.3, -0.25) is 0 Å². The summed E-state index contributed by atoms with van der Waals surface area (Å²) >= 11 is 0. The van der Waals surface area contributed by atoms with Crippen molar-refractivity contribution in [3.8, 4) is 5.88 Å². The van der Waals surface area contributed by atoms with Crippen molar-refractivity contribution in [1.82, 2.24) is 14.9 Å². The molecule has 0 aromatic carbocycles. The van der Waals surface area contributed by atoms with Gasteiger partial charge in [0.25, 0.3) is 0 Å². The number of ether oxygens (including phenoxy) is 1. The van der Waals surface area contributed by atoms with Crippen molar-refractivity contribution in [2.75, 3.05) is 25.6 Å². The van der Waals surface area contributed by atoms with Gasteiger partial charge in [-0.15, -0.1) is 0 Å². The zero-order valence-electron chi connectivity index (χ0n) is 13.5. The number of anilines is 1. The van der Waals surface area contributed by atoms with Crippen LogP contribution in [0.2, 0.25) is 0 Å². The van der Waals surface area contributed by atoms with Crippen LogP contribution >= 0.6 is 0 Å². The van der Waals surface area contributed by atoms with Crippen molar-refractivity contribution in [3.05, 3.63) is 11.9 Å². The van der Waals surface area contributed by atoms with Gasteiger partial charge in [0.05, 0.1) is 0 Å². The SMILES string of the molecule is CN1CCCCC1COc1cc(NN)nc(C(C)(C)C)n1. The number of hydrazine groups is 1. The molecule has 0 bridgehead atoms. The van der Waals surface area contributed by atoms with Gasteiger partial charge in [0.15, 0.2) is 0 Å². The molecule has 6 heteroatoms. The second-order valence-corrected chi connectivity index (χ2v) is 6.75. The van der Waals surface area contributed by atoms with E-state index in [4.69, 9.17) is 10.6 Å². The van der Waals surface area contributed by atoms with E-state index in [9.17, 15) is 0 Å². The maximum absolute atomic E-state index is 5.91. The predicted octanol–water partition coefficient (Wildman–Crippen LogP) is 1.92. The van der Waals surface area contributed by atoms with E-state index < -0.39 is 0 Å². The molecule has 1 aromatic rings. The Bertz CT molecular complexity index is 472. The topological polar surface area (TPSA) is 76.3 Å². The smallest absolute Gasteiger partial charge is 0.218 e. The van der Waals surface area contributed by atoms with E-state index in [0.717, 1.165) is 12.4 Å². The molecule has 1 fully saturated rings. The number of aromatic nitrogens is 2. The molecule has 21 heavy (non-hydrogen) atoms. The molecule has 2 rings (SSSR count). The fourth-order valence-electron chi connectivity index (χ4n) is 2.44. The van der Waals surface area contributed by atoms with Gasteiger partial charge in [-0.25, -0.2) is 10.8 Å². The Labute approximate surface area is 127 Å². The number of nitrogens with one attached hydrogen (secondary N) is 1. The largest absolute Gasteiger partial charge is 0.476 e. The molecule has 0 aliphatic carbocycles. The monoisotopic (exact) mass is 293 g/mol. The first-order valence-electron chi connectivity index (χ1n) is 7.59. The minimum absolute atomic E-state index is 0.146. The number of nitrogen functional groups attached to an aromatic ring is 1. The zero-order valence-corrected chi connectivity index (χ0v) is 13.5. The third-order valence-corrected chi connectivity index (χ3v) is 3.87. The minimum Gasteiger partial charge on any atom is -0.476 e. The highest BCUT2D eigenvalue weighted by molar-refractivity contribution is 5.38. The third kappa shape index (κ3) is 4.28. The first-order chi connectivity index (χ1) is 9.90.